The van der Waals surface area contributed by atoms with E-state index >= 15 is 0 Å². The zero-order valence-electron chi connectivity index (χ0n) is 11.5. The number of hydrogen-bond acceptors (Lipinski definition) is 2. The van der Waals surface area contributed by atoms with E-state index in [2.05, 4.69) is 0 Å². The molecule has 1 heterocycles. The van der Waals surface area contributed by atoms with Crippen LogP contribution in [0.2, 0.25) is 5.02 Å². The van der Waals surface area contributed by atoms with E-state index in [9.17, 15) is 4.79 Å². The number of rotatable bonds is 3. The molecule has 1 aliphatic rings. The van der Waals surface area contributed by atoms with Gasteiger partial charge in [-0.1, -0.05) is 23.7 Å². The summed E-state index contributed by atoms with van der Waals surface area (Å²) in [7, 11) is 0. The Morgan fingerprint density at radius 3 is 2.89 bits per heavy atom. The number of amides is 1. The Labute approximate surface area is 119 Å². The predicted octanol–water partition coefficient (Wildman–Crippen LogP) is 3.13. The van der Waals surface area contributed by atoms with E-state index < -0.39 is 5.54 Å². The lowest BCUT2D eigenvalue weighted by atomic mass is 10.00. The molecule has 1 saturated heterocycles. The first-order chi connectivity index (χ1) is 8.87. The standard InChI is InChI=1S/C15H21ClN2O/c1-15(2,17)10-14(19)18-8-4-7-13(18)11-5-3-6-12(16)9-11/h3,5-6,9,13H,4,7-8,10,17H2,1-2H3. The van der Waals surface area contributed by atoms with Crippen LogP contribution in [0.5, 0.6) is 0 Å². The van der Waals surface area contributed by atoms with Crippen molar-refractivity contribution in [3.05, 3.63) is 34.9 Å². The Kier molecular flexibility index (Phi) is 4.16. The molecule has 104 valence electrons. The van der Waals surface area contributed by atoms with Gasteiger partial charge >= 0.3 is 0 Å². The van der Waals surface area contributed by atoms with Crippen molar-refractivity contribution in [3.63, 3.8) is 0 Å². The lowest BCUT2D eigenvalue weighted by molar-refractivity contribution is -0.133. The molecule has 1 aromatic rings. The van der Waals surface area contributed by atoms with E-state index in [-0.39, 0.29) is 11.9 Å². The van der Waals surface area contributed by atoms with Gasteiger partial charge in [-0.3, -0.25) is 4.79 Å². The van der Waals surface area contributed by atoms with E-state index in [1.165, 1.54) is 0 Å². The van der Waals surface area contributed by atoms with E-state index in [1.54, 1.807) is 0 Å². The molecular formula is C15H21ClN2O. The predicted molar refractivity (Wildman–Crippen MR) is 78.0 cm³/mol. The van der Waals surface area contributed by atoms with Crippen molar-refractivity contribution in [1.29, 1.82) is 0 Å². The van der Waals surface area contributed by atoms with Gasteiger partial charge in [-0.05, 0) is 44.4 Å². The van der Waals surface area contributed by atoms with Crippen LogP contribution in [-0.2, 0) is 4.79 Å². The third-order valence-electron chi connectivity index (χ3n) is 3.41. The van der Waals surface area contributed by atoms with Crippen LogP contribution in [0.1, 0.15) is 44.7 Å². The summed E-state index contributed by atoms with van der Waals surface area (Å²) in [5, 5.41) is 0.718. The summed E-state index contributed by atoms with van der Waals surface area (Å²) in [6.07, 6.45) is 2.41. The van der Waals surface area contributed by atoms with Crippen molar-refractivity contribution in [1.82, 2.24) is 4.90 Å². The van der Waals surface area contributed by atoms with Crippen LogP contribution < -0.4 is 5.73 Å². The highest BCUT2D eigenvalue weighted by atomic mass is 35.5. The highest BCUT2D eigenvalue weighted by Gasteiger charge is 2.31. The number of halogens is 1. The van der Waals surface area contributed by atoms with Gasteiger partial charge in [0, 0.05) is 23.5 Å². The number of nitrogens with two attached hydrogens (primary N) is 1. The minimum Gasteiger partial charge on any atom is -0.336 e. The second-order valence-corrected chi connectivity index (χ2v) is 6.40. The Hall–Kier alpha value is -1.06. The summed E-state index contributed by atoms with van der Waals surface area (Å²) in [4.78, 5) is 14.3. The third-order valence-corrected chi connectivity index (χ3v) is 3.65. The second kappa shape index (κ2) is 5.51. The van der Waals surface area contributed by atoms with Crippen molar-refractivity contribution in [3.8, 4) is 0 Å². The van der Waals surface area contributed by atoms with E-state index in [1.807, 2.05) is 43.0 Å². The number of hydrogen-bond donors (Lipinski definition) is 1. The highest BCUT2D eigenvalue weighted by Crippen LogP contribution is 2.33. The van der Waals surface area contributed by atoms with Gasteiger partial charge in [-0.2, -0.15) is 0 Å². The Balaban J connectivity index is 2.15. The smallest absolute Gasteiger partial charge is 0.224 e. The molecule has 1 aliphatic heterocycles. The molecule has 4 heteroatoms. The van der Waals surface area contributed by atoms with Gasteiger partial charge in [0.1, 0.15) is 0 Å². The van der Waals surface area contributed by atoms with Gasteiger partial charge in [0.25, 0.3) is 0 Å². The first-order valence-corrected chi connectivity index (χ1v) is 7.08. The lowest BCUT2D eigenvalue weighted by Gasteiger charge is -2.28. The van der Waals surface area contributed by atoms with Crippen LogP contribution >= 0.6 is 11.6 Å². The number of nitrogens with zero attached hydrogens (tertiary/aromatic N) is 1. The van der Waals surface area contributed by atoms with Gasteiger partial charge in [-0.25, -0.2) is 0 Å². The average molecular weight is 281 g/mol. The fourth-order valence-electron chi connectivity index (χ4n) is 2.62. The molecule has 1 atom stereocenters. The first-order valence-electron chi connectivity index (χ1n) is 6.71. The minimum absolute atomic E-state index is 0.134. The SMILES string of the molecule is CC(C)(N)CC(=O)N1CCCC1c1cccc(Cl)c1. The number of carbonyl (C=O) groups excluding carboxylic acids is 1. The quantitative estimate of drug-likeness (QED) is 0.925. The first kappa shape index (κ1) is 14.4. The van der Waals surface area contributed by atoms with Crippen molar-refractivity contribution in [2.45, 2.75) is 44.7 Å². The van der Waals surface area contributed by atoms with Gasteiger partial charge in [0.05, 0.1) is 6.04 Å². The molecule has 1 fully saturated rings. The molecule has 0 bridgehead atoms. The summed E-state index contributed by atoms with van der Waals surface area (Å²) in [6, 6.07) is 7.93. The monoisotopic (exact) mass is 280 g/mol. The zero-order chi connectivity index (χ0) is 14.0. The molecule has 1 aromatic carbocycles. The Bertz CT molecular complexity index is 467. The van der Waals surface area contributed by atoms with Crippen LogP contribution in [0.3, 0.4) is 0 Å². The topological polar surface area (TPSA) is 46.3 Å². The summed E-state index contributed by atoms with van der Waals surface area (Å²) in [5.41, 5.74) is 6.60. The van der Waals surface area contributed by atoms with Crippen molar-refractivity contribution in [2.75, 3.05) is 6.54 Å². The zero-order valence-corrected chi connectivity index (χ0v) is 12.3. The van der Waals surface area contributed by atoms with Crippen molar-refractivity contribution in [2.24, 2.45) is 5.73 Å². The molecule has 0 saturated carbocycles. The summed E-state index contributed by atoms with van der Waals surface area (Å²) in [6.45, 7) is 4.58. The van der Waals surface area contributed by atoms with Gasteiger partial charge in [0.15, 0.2) is 0 Å². The molecule has 0 spiro atoms. The van der Waals surface area contributed by atoms with Gasteiger partial charge < -0.3 is 10.6 Å². The molecule has 3 nitrogen and oxygen atoms in total. The van der Waals surface area contributed by atoms with Crippen LogP contribution in [0, 0.1) is 0 Å². The summed E-state index contributed by atoms with van der Waals surface area (Å²) >= 11 is 6.03. The van der Waals surface area contributed by atoms with E-state index in [0.29, 0.717) is 6.42 Å². The maximum atomic E-state index is 12.3. The largest absolute Gasteiger partial charge is 0.336 e. The third kappa shape index (κ3) is 3.71. The molecule has 1 amide bonds. The summed E-state index contributed by atoms with van der Waals surface area (Å²) in [5.74, 6) is 0.134. The van der Waals surface area contributed by atoms with Crippen molar-refractivity contribution < 1.29 is 4.79 Å². The Morgan fingerprint density at radius 2 is 2.26 bits per heavy atom. The molecule has 2 rings (SSSR count). The second-order valence-electron chi connectivity index (χ2n) is 5.97. The molecule has 2 N–H and O–H groups in total. The van der Waals surface area contributed by atoms with Gasteiger partial charge in [0.2, 0.25) is 5.91 Å². The van der Waals surface area contributed by atoms with E-state index in [4.69, 9.17) is 17.3 Å². The van der Waals surface area contributed by atoms with Gasteiger partial charge in [-0.15, -0.1) is 0 Å². The number of carbonyl (C=O) groups is 1. The van der Waals surface area contributed by atoms with Crippen molar-refractivity contribution >= 4 is 17.5 Å². The lowest BCUT2D eigenvalue weighted by Crippen LogP contribution is -2.41. The normalized spacial score (nSPS) is 19.8. The van der Waals surface area contributed by atoms with Crippen LogP contribution in [-0.4, -0.2) is 22.9 Å². The maximum absolute atomic E-state index is 12.3. The van der Waals surface area contributed by atoms with Crippen LogP contribution in [0.25, 0.3) is 0 Å². The van der Waals surface area contributed by atoms with Crippen LogP contribution in [0.4, 0.5) is 0 Å². The fourth-order valence-corrected chi connectivity index (χ4v) is 2.82. The fraction of sp³-hybridized carbons (Fsp3) is 0.533. The molecule has 19 heavy (non-hydrogen) atoms. The Morgan fingerprint density at radius 1 is 1.53 bits per heavy atom. The number of likely N-dealkylation sites (tertiary alicyclic amines) is 1. The summed E-state index contributed by atoms with van der Waals surface area (Å²) < 4.78 is 0. The molecular weight excluding hydrogens is 260 g/mol. The maximum Gasteiger partial charge on any atom is 0.224 e. The molecule has 1 unspecified atom stereocenters. The highest BCUT2D eigenvalue weighted by molar-refractivity contribution is 6.30. The molecule has 0 radical (unpaired) electrons. The average Bonchev–Trinajstić information content (AvgIpc) is 2.75. The molecule has 0 aliphatic carbocycles. The van der Waals surface area contributed by atoms with E-state index in [0.717, 1.165) is 30.0 Å². The number of benzene rings is 1. The minimum atomic E-state index is -0.460. The van der Waals surface area contributed by atoms with Crippen LogP contribution in [0.15, 0.2) is 24.3 Å². The molecule has 0 aromatic heterocycles.